The van der Waals surface area contributed by atoms with Crippen molar-refractivity contribution in [3.05, 3.63) is 28.8 Å². The molecule has 0 unspecified atom stereocenters. The summed E-state index contributed by atoms with van der Waals surface area (Å²) in [6.45, 7) is 6.20. The highest BCUT2D eigenvalue weighted by molar-refractivity contribution is 7.89. The van der Waals surface area contributed by atoms with Crippen LogP contribution in [0.5, 0.6) is 0 Å². The number of aryl methyl sites for hydroxylation is 3. The van der Waals surface area contributed by atoms with Gasteiger partial charge in [0.2, 0.25) is 10.0 Å². The molecule has 0 N–H and O–H groups in total. The lowest BCUT2D eigenvalue weighted by Gasteiger charge is -2.27. The van der Waals surface area contributed by atoms with Gasteiger partial charge in [0.05, 0.1) is 4.90 Å². The summed E-state index contributed by atoms with van der Waals surface area (Å²) in [7, 11) is -3.48. The lowest BCUT2D eigenvalue weighted by molar-refractivity contribution is -0.120. The van der Waals surface area contributed by atoms with Crippen LogP contribution in [0.25, 0.3) is 0 Å². The Bertz CT molecular complexity index is 587. The first kappa shape index (κ1) is 14.2. The van der Waals surface area contributed by atoms with Crippen LogP contribution in [0.4, 0.5) is 0 Å². The molecular formula is C14H19NO3S. The Morgan fingerprint density at radius 2 is 1.47 bits per heavy atom. The molecule has 1 aromatic carbocycles. The molecule has 1 aromatic rings. The van der Waals surface area contributed by atoms with Gasteiger partial charge in [0.25, 0.3) is 0 Å². The fourth-order valence-electron chi connectivity index (χ4n) is 2.68. The summed E-state index contributed by atoms with van der Waals surface area (Å²) in [6.07, 6.45) is 0.645. The first-order valence-electron chi connectivity index (χ1n) is 6.42. The van der Waals surface area contributed by atoms with Crippen LogP contribution >= 0.6 is 0 Å². The lowest BCUT2D eigenvalue weighted by atomic mass is 10.1. The monoisotopic (exact) mass is 281 g/mol. The zero-order valence-electron chi connectivity index (χ0n) is 11.6. The van der Waals surface area contributed by atoms with Gasteiger partial charge in [-0.2, -0.15) is 4.31 Å². The third kappa shape index (κ3) is 2.72. The Morgan fingerprint density at radius 1 is 1.00 bits per heavy atom. The van der Waals surface area contributed by atoms with Crippen molar-refractivity contribution in [1.29, 1.82) is 0 Å². The van der Waals surface area contributed by atoms with Crippen molar-refractivity contribution >= 4 is 15.8 Å². The standard InChI is InChI=1S/C14H19NO3S/c1-10-8-11(2)14(12(3)9-10)19(17,18)15-6-4-13(16)5-7-15/h8-9H,4-7H2,1-3H3. The summed E-state index contributed by atoms with van der Waals surface area (Å²) in [5.74, 6) is 0.142. The summed E-state index contributed by atoms with van der Waals surface area (Å²) in [6, 6.07) is 3.77. The summed E-state index contributed by atoms with van der Waals surface area (Å²) < 4.78 is 26.8. The molecule has 0 amide bonds. The molecule has 1 fully saturated rings. The van der Waals surface area contributed by atoms with Gasteiger partial charge >= 0.3 is 0 Å². The molecule has 0 bridgehead atoms. The molecule has 5 heteroatoms. The number of rotatable bonds is 2. The van der Waals surface area contributed by atoms with Crippen LogP contribution in [0.3, 0.4) is 0 Å². The second-order valence-corrected chi connectivity index (χ2v) is 7.05. The van der Waals surface area contributed by atoms with E-state index in [0.717, 1.165) is 16.7 Å². The molecule has 0 spiro atoms. The number of hydrogen-bond acceptors (Lipinski definition) is 3. The van der Waals surface area contributed by atoms with Gasteiger partial charge in [-0.1, -0.05) is 17.7 Å². The molecule has 0 atom stereocenters. The number of sulfonamides is 1. The van der Waals surface area contributed by atoms with Crippen LogP contribution < -0.4 is 0 Å². The first-order valence-corrected chi connectivity index (χ1v) is 7.86. The van der Waals surface area contributed by atoms with Crippen molar-refractivity contribution in [2.45, 2.75) is 38.5 Å². The largest absolute Gasteiger partial charge is 0.300 e. The highest BCUT2D eigenvalue weighted by Gasteiger charge is 2.30. The molecule has 1 aliphatic heterocycles. The minimum absolute atomic E-state index is 0.142. The fourth-order valence-corrected chi connectivity index (χ4v) is 4.53. The topological polar surface area (TPSA) is 54.5 Å². The fraction of sp³-hybridized carbons (Fsp3) is 0.500. The minimum atomic E-state index is -3.48. The predicted octanol–water partition coefficient (Wildman–Crippen LogP) is 1.97. The van der Waals surface area contributed by atoms with E-state index in [0.29, 0.717) is 30.8 Å². The van der Waals surface area contributed by atoms with Crippen molar-refractivity contribution in [3.8, 4) is 0 Å². The quantitative estimate of drug-likeness (QED) is 0.832. The second-order valence-electron chi connectivity index (χ2n) is 5.17. The van der Waals surface area contributed by atoms with Gasteiger partial charge < -0.3 is 0 Å². The molecule has 104 valence electrons. The number of piperidine rings is 1. The maximum Gasteiger partial charge on any atom is 0.243 e. The van der Waals surface area contributed by atoms with Crippen LogP contribution in [-0.4, -0.2) is 31.6 Å². The Kier molecular flexibility index (Phi) is 3.78. The molecule has 1 heterocycles. The molecule has 0 aliphatic carbocycles. The highest BCUT2D eigenvalue weighted by atomic mass is 32.2. The molecule has 1 saturated heterocycles. The van der Waals surface area contributed by atoms with Gasteiger partial charge in [0.1, 0.15) is 5.78 Å². The van der Waals surface area contributed by atoms with E-state index in [2.05, 4.69) is 0 Å². The average molecular weight is 281 g/mol. The Hall–Kier alpha value is -1.20. The molecule has 0 radical (unpaired) electrons. The molecule has 2 rings (SSSR count). The zero-order chi connectivity index (χ0) is 14.2. The molecular weight excluding hydrogens is 262 g/mol. The third-order valence-electron chi connectivity index (χ3n) is 3.48. The van der Waals surface area contributed by atoms with Gasteiger partial charge in [-0.05, 0) is 31.9 Å². The molecule has 4 nitrogen and oxygen atoms in total. The van der Waals surface area contributed by atoms with E-state index in [1.54, 1.807) is 0 Å². The SMILES string of the molecule is Cc1cc(C)c(S(=O)(=O)N2CCC(=O)CC2)c(C)c1. The summed E-state index contributed by atoms with van der Waals surface area (Å²) >= 11 is 0. The van der Waals surface area contributed by atoms with E-state index in [4.69, 9.17) is 0 Å². The van der Waals surface area contributed by atoms with Crippen molar-refractivity contribution in [1.82, 2.24) is 4.31 Å². The molecule has 0 aromatic heterocycles. The van der Waals surface area contributed by atoms with Crippen LogP contribution in [0, 0.1) is 20.8 Å². The van der Waals surface area contributed by atoms with Gasteiger partial charge in [-0.25, -0.2) is 8.42 Å². The van der Waals surface area contributed by atoms with Crippen molar-refractivity contribution in [2.24, 2.45) is 0 Å². The first-order chi connectivity index (χ1) is 8.82. The van der Waals surface area contributed by atoms with E-state index < -0.39 is 10.0 Å². The lowest BCUT2D eigenvalue weighted by Crippen LogP contribution is -2.39. The second kappa shape index (κ2) is 5.06. The van der Waals surface area contributed by atoms with E-state index in [9.17, 15) is 13.2 Å². The number of ketones is 1. The summed E-state index contributed by atoms with van der Waals surface area (Å²) in [5.41, 5.74) is 2.60. The Labute approximate surface area is 114 Å². The zero-order valence-corrected chi connectivity index (χ0v) is 12.4. The number of Topliss-reactive ketones (excluding diaryl/α,β-unsaturated/α-hetero) is 1. The van der Waals surface area contributed by atoms with E-state index >= 15 is 0 Å². The van der Waals surface area contributed by atoms with Gasteiger partial charge in [0, 0.05) is 25.9 Å². The van der Waals surface area contributed by atoms with Gasteiger partial charge in [-0.15, -0.1) is 0 Å². The van der Waals surface area contributed by atoms with Gasteiger partial charge in [-0.3, -0.25) is 4.79 Å². The van der Waals surface area contributed by atoms with Crippen molar-refractivity contribution < 1.29 is 13.2 Å². The Balaban J connectivity index is 2.43. The third-order valence-corrected chi connectivity index (χ3v) is 5.69. The molecule has 1 aliphatic rings. The number of nitrogens with zero attached hydrogens (tertiary/aromatic N) is 1. The normalized spacial score (nSPS) is 17.7. The summed E-state index contributed by atoms with van der Waals surface area (Å²) in [4.78, 5) is 11.6. The number of carbonyl (C=O) groups is 1. The maximum atomic E-state index is 12.7. The minimum Gasteiger partial charge on any atom is -0.300 e. The smallest absolute Gasteiger partial charge is 0.243 e. The van der Waals surface area contributed by atoms with E-state index in [1.165, 1.54) is 4.31 Å². The Morgan fingerprint density at radius 3 is 1.95 bits per heavy atom. The van der Waals surface area contributed by atoms with Crippen LogP contribution in [-0.2, 0) is 14.8 Å². The number of hydrogen-bond donors (Lipinski definition) is 0. The van der Waals surface area contributed by atoms with Crippen LogP contribution in [0.1, 0.15) is 29.5 Å². The maximum absolute atomic E-state index is 12.7. The van der Waals surface area contributed by atoms with E-state index in [-0.39, 0.29) is 5.78 Å². The number of benzene rings is 1. The van der Waals surface area contributed by atoms with Crippen molar-refractivity contribution in [3.63, 3.8) is 0 Å². The molecule has 19 heavy (non-hydrogen) atoms. The van der Waals surface area contributed by atoms with Crippen molar-refractivity contribution in [2.75, 3.05) is 13.1 Å². The summed E-state index contributed by atoms with van der Waals surface area (Å²) in [5, 5.41) is 0. The van der Waals surface area contributed by atoms with Gasteiger partial charge in [0.15, 0.2) is 0 Å². The van der Waals surface area contributed by atoms with E-state index in [1.807, 2.05) is 32.9 Å². The predicted molar refractivity (Wildman–Crippen MR) is 73.7 cm³/mol. The van der Waals surface area contributed by atoms with Crippen LogP contribution in [0.2, 0.25) is 0 Å². The highest BCUT2D eigenvalue weighted by Crippen LogP contribution is 2.26. The molecule has 0 saturated carbocycles. The average Bonchev–Trinajstić information content (AvgIpc) is 2.27. The van der Waals surface area contributed by atoms with Crippen LogP contribution in [0.15, 0.2) is 17.0 Å². The number of carbonyl (C=O) groups excluding carboxylic acids is 1.